The maximum absolute atomic E-state index is 5.67. The Morgan fingerprint density at radius 1 is 1.27 bits per heavy atom. The first-order valence-electron chi connectivity index (χ1n) is 8.42. The Kier molecular flexibility index (Phi) is 4.35. The summed E-state index contributed by atoms with van der Waals surface area (Å²) in [4.78, 5) is 9.55. The van der Waals surface area contributed by atoms with Crippen LogP contribution in [0.1, 0.15) is 43.2 Å². The number of rotatable bonds is 3. The van der Waals surface area contributed by atoms with Crippen molar-refractivity contribution in [3.05, 3.63) is 24.2 Å². The Labute approximate surface area is 135 Å². The number of ether oxygens (including phenoxy) is 1. The molecule has 2 fully saturated rings. The number of fused-ring (bicyclic) bond motifs is 1. The summed E-state index contributed by atoms with van der Waals surface area (Å²) in [5.41, 5.74) is 2.09. The Hall–Kier alpha value is -1.07. The fourth-order valence-corrected chi connectivity index (χ4v) is 4.87. The van der Waals surface area contributed by atoms with Gasteiger partial charge in [0.15, 0.2) is 5.65 Å². The molecule has 0 radical (unpaired) electrons. The highest BCUT2D eigenvalue weighted by atomic mass is 32.2. The molecule has 4 rings (SSSR count). The van der Waals surface area contributed by atoms with Crippen molar-refractivity contribution in [3.8, 4) is 0 Å². The minimum absolute atomic E-state index is 0.535. The van der Waals surface area contributed by atoms with E-state index in [4.69, 9.17) is 9.72 Å². The summed E-state index contributed by atoms with van der Waals surface area (Å²) >= 11 is 2.07. The van der Waals surface area contributed by atoms with Crippen LogP contribution in [-0.2, 0) is 11.3 Å². The molecular weight excluding hydrogens is 294 g/mol. The molecule has 0 aliphatic carbocycles. The van der Waals surface area contributed by atoms with Crippen LogP contribution in [0, 0.1) is 5.92 Å². The van der Waals surface area contributed by atoms with E-state index in [2.05, 4.69) is 27.4 Å². The van der Waals surface area contributed by atoms with Gasteiger partial charge in [-0.25, -0.2) is 9.97 Å². The van der Waals surface area contributed by atoms with Crippen LogP contribution in [0.2, 0.25) is 0 Å². The van der Waals surface area contributed by atoms with Gasteiger partial charge in [0.25, 0.3) is 0 Å². The first-order chi connectivity index (χ1) is 10.9. The molecule has 5 heteroatoms. The van der Waals surface area contributed by atoms with Crippen LogP contribution >= 0.6 is 11.8 Å². The van der Waals surface area contributed by atoms with Gasteiger partial charge in [-0.05, 0) is 43.6 Å². The Bertz CT molecular complexity index is 630. The quantitative estimate of drug-likeness (QED) is 0.863. The monoisotopic (exact) mass is 317 g/mol. The van der Waals surface area contributed by atoms with Crippen molar-refractivity contribution < 1.29 is 4.74 Å². The van der Waals surface area contributed by atoms with Gasteiger partial charge in [-0.3, -0.25) is 0 Å². The summed E-state index contributed by atoms with van der Waals surface area (Å²) in [6.45, 7) is 2.80. The second-order valence-electron chi connectivity index (χ2n) is 6.37. The summed E-state index contributed by atoms with van der Waals surface area (Å²) < 4.78 is 8.06. The molecule has 4 heterocycles. The Balaban J connectivity index is 1.69. The topological polar surface area (TPSA) is 39.9 Å². The van der Waals surface area contributed by atoms with Crippen molar-refractivity contribution >= 4 is 22.9 Å². The lowest BCUT2D eigenvalue weighted by Crippen LogP contribution is -2.23. The first-order valence-corrected chi connectivity index (χ1v) is 9.47. The molecule has 22 heavy (non-hydrogen) atoms. The van der Waals surface area contributed by atoms with Crippen molar-refractivity contribution in [2.75, 3.05) is 19.0 Å². The van der Waals surface area contributed by atoms with E-state index in [1.165, 1.54) is 43.7 Å². The van der Waals surface area contributed by atoms with Crippen molar-refractivity contribution in [2.24, 2.45) is 5.92 Å². The molecule has 2 aromatic rings. The third-order valence-corrected chi connectivity index (χ3v) is 6.07. The van der Waals surface area contributed by atoms with E-state index in [1.54, 1.807) is 0 Å². The van der Waals surface area contributed by atoms with Gasteiger partial charge in [-0.2, -0.15) is 11.8 Å². The fourth-order valence-electron chi connectivity index (χ4n) is 3.56. The maximum Gasteiger partial charge on any atom is 0.160 e. The van der Waals surface area contributed by atoms with E-state index in [9.17, 15) is 0 Å². The summed E-state index contributed by atoms with van der Waals surface area (Å²) in [7, 11) is 0. The van der Waals surface area contributed by atoms with Crippen molar-refractivity contribution in [1.82, 2.24) is 14.5 Å². The number of pyridine rings is 1. The van der Waals surface area contributed by atoms with Gasteiger partial charge in [0.1, 0.15) is 11.3 Å². The van der Waals surface area contributed by atoms with E-state index in [0.29, 0.717) is 11.2 Å². The molecule has 0 spiro atoms. The van der Waals surface area contributed by atoms with Crippen LogP contribution in [0.4, 0.5) is 0 Å². The van der Waals surface area contributed by atoms with Crippen LogP contribution in [-0.4, -0.2) is 33.5 Å². The minimum atomic E-state index is 0.535. The second kappa shape index (κ2) is 6.59. The highest BCUT2D eigenvalue weighted by Crippen LogP contribution is 2.39. The third-order valence-electron chi connectivity index (χ3n) is 4.70. The van der Waals surface area contributed by atoms with E-state index in [0.717, 1.165) is 30.9 Å². The maximum atomic E-state index is 5.67. The van der Waals surface area contributed by atoms with Gasteiger partial charge in [-0.15, -0.1) is 0 Å². The normalized spacial score (nSPS) is 26.4. The standard InChI is InChI=1S/C17H23N3OS/c1-2-10-22-15(7-1)17-19-14-6-3-8-18-16(14)20(17)11-13-5-4-9-21-12-13/h3,6,8,13,15H,1-2,4-5,7,9-12H2. The number of hydrogen-bond acceptors (Lipinski definition) is 4. The fraction of sp³-hybridized carbons (Fsp3) is 0.647. The zero-order chi connectivity index (χ0) is 14.8. The van der Waals surface area contributed by atoms with Crippen LogP contribution in [0.3, 0.4) is 0 Å². The lowest BCUT2D eigenvalue weighted by atomic mass is 10.0. The molecule has 0 amide bonds. The SMILES string of the molecule is c1cnc2c(c1)nc(C1CCCCS1)n2CC1CCCOC1. The van der Waals surface area contributed by atoms with E-state index in [1.807, 2.05) is 12.3 Å². The molecule has 0 N–H and O–H groups in total. The van der Waals surface area contributed by atoms with E-state index in [-0.39, 0.29) is 0 Å². The Morgan fingerprint density at radius 2 is 2.27 bits per heavy atom. The van der Waals surface area contributed by atoms with Crippen LogP contribution in [0.5, 0.6) is 0 Å². The van der Waals surface area contributed by atoms with Crippen LogP contribution < -0.4 is 0 Å². The molecule has 2 aliphatic rings. The summed E-state index contributed by atoms with van der Waals surface area (Å²) in [6, 6.07) is 4.08. The number of aromatic nitrogens is 3. The van der Waals surface area contributed by atoms with Crippen molar-refractivity contribution in [3.63, 3.8) is 0 Å². The molecule has 0 bridgehead atoms. The van der Waals surface area contributed by atoms with Gasteiger partial charge >= 0.3 is 0 Å². The molecule has 0 aromatic carbocycles. The highest BCUT2D eigenvalue weighted by Gasteiger charge is 2.25. The summed E-state index contributed by atoms with van der Waals surface area (Å²) in [5.74, 6) is 3.10. The molecule has 4 nitrogen and oxygen atoms in total. The van der Waals surface area contributed by atoms with Crippen LogP contribution in [0.25, 0.3) is 11.2 Å². The van der Waals surface area contributed by atoms with Crippen molar-refractivity contribution in [2.45, 2.75) is 43.9 Å². The highest BCUT2D eigenvalue weighted by molar-refractivity contribution is 7.99. The molecule has 2 atom stereocenters. The number of hydrogen-bond donors (Lipinski definition) is 0. The molecule has 118 valence electrons. The summed E-state index contributed by atoms with van der Waals surface area (Å²) in [6.07, 6.45) is 8.23. The van der Waals surface area contributed by atoms with Crippen molar-refractivity contribution in [1.29, 1.82) is 0 Å². The summed E-state index contributed by atoms with van der Waals surface area (Å²) in [5, 5.41) is 0.535. The average molecular weight is 317 g/mol. The predicted octanol–water partition coefficient (Wildman–Crippen LogP) is 3.82. The average Bonchev–Trinajstić information content (AvgIpc) is 2.95. The second-order valence-corrected chi connectivity index (χ2v) is 7.68. The number of nitrogens with zero attached hydrogens (tertiary/aromatic N) is 3. The first kappa shape index (κ1) is 14.5. The number of thioether (sulfide) groups is 1. The minimum Gasteiger partial charge on any atom is -0.381 e. The molecule has 2 saturated heterocycles. The Morgan fingerprint density at radius 3 is 3.09 bits per heavy atom. The third kappa shape index (κ3) is 2.88. The van der Waals surface area contributed by atoms with Gasteiger partial charge in [0.2, 0.25) is 0 Å². The molecule has 0 saturated carbocycles. The van der Waals surface area contributed by atoms with Gasteiger partial charge in [-0.1, -0.05) is 6.42 Å². The largest absolute Gasteiger partial charge is 0.381 e. The molecule has 2 unspecified atom stereocenters. The van der Waals surface area contributed by atoms with Crippen LogP contribution in [0.15, 0.2) is 18.3 Å². The van der Waals surface area contributed by atoms with E-state index >= 15 is 0 Å². The van der Waals surface area contributed by atoms with Gasteiger partial charge < -0.3 is 9.30 Å². The zero-order valence-electron chi connectivity index (χ0n) is 12.9. The molecular formula is C17H23N3OS. The zero-order valence-corrected chi connectivity index (χ0v) is 13.7. The predicted molar refractivity (Wildman–Crippen MR) is 90.1 cm³/mol. The lowest BCUT2D eigenvalue weighted by Gasteiger charge is -2.26. The molecule has 2 aromatic heterocycles. The number of imidazole rings is 1. The molecule has 2 aliphatic heterocycles. The lowest BCUT2D eigenvalue weighted by molar-refractivity contribution is 0.0484. The van der Waals surface area contributed by atoms with Gasteiger partial charge in [0, 0.05) is 25.3 Å². The van der Waals surface area contributed by atoms with Gasteiger partial charge in [0.05, 0.1) is 11.9 Å². The van der Waals surface area contributed by atoms with E-state index < -0.39 is 0 Å². The smallest absolute Gasteiger partial charge is 0.160 e.